The predicted octanol–water partition coefficient (Wildman–Crippen LogP) is 3.31. The number of fused-ring (bicyclic) bond motifs is 1. The molecule has 23 heavy (non-hydrogen) atoms. The number of rotatable bonds is 2. The van der Waals surface area contributed by atoms with Gasteiger partial charge in [0.1, 0.15) is 5.82 Å². The first-order valence-corrected chi connectivity index (χ1v) is 6.65. The first-order valence-electron chi connectivity index (χ1n) is 6.65. The molecule has 1 N–H and O–H groups in total. The van der Waals surface area contributed by atoms with E-state index in [9.17, 15) is 18.0 Å². The Bertz CT molecular complexity index is 886. The molecule has 0 atom stereocenters. The van der Waals surface area contributed by atoms with Crippen molar-refractivity contribution in [1.29, 1.82) is 0 Å². The van der Waals surface area contributed by atoms with E-state index in [4.69, 9.17) is 0 Å². The Hall–Kier alpha value is -2.90. The highest BCUT2D eigenvalue weighted by Gasteiger charge is 2.30. The molecule has 0 saturated carbocycles. The number of aromatic nitrogens is 3. The molecule has 2 heterocycles. The lowest BCUT2D eigenvalue weighted by Gasteiger charge is -2.09. The van der Waals surface area contributed by atoms with E-state index in [1.165, 1.54) is 16.6 Å². The Balaban J connectivity index is 1.92. The fraction of sp³-hybridized carbons (Fsp3) is 0.133. The van der Waals surface area contributed by atoms with Crippen LogP contribution in [0.3, 0.4) is 0 Å². The van der Waals surface area contributed by atoms with Crippen LogP contribution < -0.4 is 5.32 Å². The van der Waals surface area contributed by atoms with Crippen molar-refractivity contribution in [2.45, 2.75) is 13.1 Å². The molecule has 0 saturated heterocycles. The number of alkyl halides is 3. The van der Waals surface area contributed by atoms with Gasteiger partial charge in [-0.3, -0.25) is 4.79 Å². The summed E-state index contributed by atoms with van der Waals surface area (Å²) in [5, 5.41) is 6.67. The third-order valence-corrected chi connectivity index (χ3v) is 3.17. The first kappa shape index (κ1) is 15.0. The molecule has 3 aromatic rings. The van der Waals surface area contributed by atoms with Gasteiger partial charge in [0, 0.05) is 11.8 Å². The van der Waals surface area contributed by atoms with Gasteiger partial charge in [0.25, 0.3) is 5.91 Å². The Morgan fingerprint density at radius 3 is 2.74 bits per heavy atom. The first-order chi connectivity index (χ1) is 10.8. The molecule has 0 fully saturated rings. The Morgan fingerprint density at radius 1 is 1.22 bits per heavy atom. The molecule has 0 radical (unpaired) electrons. The normalized spacial score (nSPS) is 11.7. The molecule has 0 aliphatic heterocycles. The molecular weight excluding hydrogens is 309 g/mol. The molecule has 3 rings (SSSR count). The second kappa shape index (κ2) is 5.38. The van der Waals surface area contributed by atoms with E-state index in [-0.39, 0.29) is 5.56 Å². The lowest BCUT2D eigenvalue weighted by molar-refractivity contribution is -0.137. The van der Waals surface area contributed by atoms with E-state index < -0.39 is 17.6 Å². The number of nitrogens with one attached hydrogen (secondary N) is 1. The topological polar surface area (TPSA) is 59.3 Å². The molecule has 0 bridgehead atoms. The zero-order valence-electron chi connectivity index (χ0n) is 11.9. The summed E-state index contributed by atoms with van der Waals surface area (Å²) in [6.45, 7) is 1.70. The predicted molar refractivity (Wildman–Crippen MR) is 77.1 cm³/mol. The van der Waals surface area contributed by atoms with Crippen LogP contribution in [-0.2, 0) is 6.18 Å². The molecule has 1 amide bonds. The van der Waals surface area contributed by atoms with Crippen molar-refractivity contribution < 1.29 is 18.0 Å². The highest BCUT2D eigenvalue weighted by atomic mass is 19.4. The number of pyridine rings is 1. The lowest BCUT2D eigenvalue weighted by Crippen LogP contribution is -2.14. The summed E-state index contributed by atoms with van der Waals surface area (Å²) >= 11 is 0. The Morgan fingerprint density at radius 2 is 2.00 bits per heavy atom. The molecule has 118 valence electrons. The summed E-state index contributed by atoms with van der Waals surface area (Å²) in [6.07, 6.45) is -2.84. The number of halogens is 3. The summed E-state index contributed by atoms with van der Waals surface area (Å²) < 4.78 is 39.6. The average molecular weight is 320 g/mol. The van der Waals surface area contributed by atoms with Gasteiger partial charge in [-0.2, -0.15) is 18.3 Å². The van der Waals surface area contributed by atoms with Crippen LogP contribution in [0.4, 0.5) is 18.9 Å². The van der Waals surface area contributed by atoms with E-state index in [1.54, 1.807) is 25.3 Å². The number of hydrogen-bond donors (Lipinski definition) is 1. The van der Waals surface area contributed by atoms with Crippen LogP contribution in [-0.4, -0.2) is 20.5 Å². The Kier molecular flexibility index (Phi) is 3.51. The number of aryl methyl sites for hydroxylation is 1. The minimum Gasteiger partial charge on any atom is -0.319 e. The molecule has 1 aromatic carbocycles. The summed E-state index contributed by atoms with van der Waals surface area (Å²) in [5.41, 5.74) is -0.166. The van der Waals surface area contributed by atoms with Crippen molar-refractivity contribution in [2.75, 3.05) is 5.32 Å². The van der Waals surface area contributed by atoms with Crippen LogP contribution in [0.15, 0.2) is 42.6 Å². The number of amides is 1. The quantitative estimate of drug-likeness (QED) is 0.788. The zero-order valence-corrected chi connectivity index (χ0v) is 11.9. The molecule has 0 aliphatic carbocycles. The van der Waals surface area contributed by atoms with E-state index >= 15 is 0 Å². The maximum Gasteiger partial charge on any atom is 0.416 e. The van der Waals surface area contributed by atoms with Gasteiger partial charge < -0.3 is 5.32 Å². The van der Waals surface area contributed by atoms with Gasteiger partial charge in [0.15, 0.2) is 5.65 Å². The lowest BCUT2D eigenvalue weighted by atomic mass is 10.1. The maximum atomic E-state index is 12.7. The van der Waals surface area contributed by atoms with Crippen molar-refractivity contribution >= 4 is 17.2 Å². The van der Waals surface area contributed by atoms with E-state index in [2.05, 4.69) is 15.4 Å². The highest BCUT2D eigenvalue weighted by molar-refractivity contribution is 6.06. The second-order valence-corrected chi connectivity index (χ2v) is 4.88. The van der Waals surface area contributed by atoms with Gasteiger partial charge in [-0.1, -0.05) is 6.07 Å². The van der Waals surface area contributed by atoms with E-state index in [0.29, 0.717) is 17.2 Å². The van der Waals surface area contributed by atoms with Crippen LogP contribution in [0.25, 0.3) is 5.65 Å². The standard InChI is InChI=1S/C15H11F3N4O/c1-9-19-13-12(6-3-7-22(13)21-9)20-14(23)10-4-2-5-11(8-10)15(16,17)18/h2-8H,1H3,(H,20,23). The highest BCUT2D eigenvalue weighted by Crippen LogP contribution is 2.29. The van der Waals surface area contributed by atoms with Crippen LogP contribution >= 0.6 is 0 Å². The fourth-order valence-corrected chi connectivity index (χ4v) is 2.14. The molecule has 0 aliphatic rings. The maximum absolute atomic E-state index is 12.7. The third-order valence-electron chi connectivity index (χ3n) is 3.17. The molecule has 0 spiro atoms. The van der Waals surface area contributed by atoms with Crippen molar-refractivity contribution in [3.05, 3.63) is 59.5 Å². The van der Waals surface area contributed by atoms with Crippen molar-refractivity contribution in [3.8, 4) is 0 Å². The van der Waals surface area contributed by atoms with Crippen molar-refractivity contribution in [1.82, 2.24) is 14.6 Å². The zero-order chi connectivity index (χ0) is 16.6. The minimum atomic E-state index is -4.50. The van der Waals surface area contributed by atoms with Gasteiger partial charge in [-0.15, -0.1) is 0 Å². The van der Waals surface area contributed by atoms with E-state index in [1.807, 2.05) is 0 Å². The smallest absolute Gasteiger partial charge is 0.319 e. The average Bonchev–Trinajstić information content (AvgIpc) is 2.88. The third kappa shape index (κ3) is 3.01. The molecule has 2 aromatic heterocycles. The monoisotopic (exact) mass is 320 g/mol. The fourth-order valence-electron chi connectivity index (χ4n) is 2.14. The van der Waals surface area contributed by atoms with Gasteiger partial charge in [-0.05, 0) is 37.3 Å². The number of carbonyl (C=O) groups excluding carboxylic acids is 1. The largest absolute Gasteiger partial charge is 0.416 e. The number of anilines is 1. The molecule has 5 nitrogen and oxygen atoms in total. The van der Waals surface area contributed by atoms with Gasteiger partial charge in [0.2, 0.25) is 0 Å². The number of benzene rings is 1. The molecule has 0 unspecified atom stereocenters. The second-order valence-electron chi connectivity index (χ2n) is 4.88. The van der Waals surface area contributed by atoms with Crippen LogP contribution in [0.5, 0.6) is 0 Å². The van der Waals surface area contributed by atoms with E-state index in [0.717, 1.165) is 12.1 Å². The number of hydrogen-bond acceptors (Lipinski definition) is 3. The number of carbonyl (C=O) groups is 1. The summed E-state index contributed by atoms with van der Waals surface area (Å²) in [4.78, 5) is 16.4. The van der Waals surface area contributed by atoms with Gasteiger partial charge >= 0.3 is 6.18 Å². The minimum absolute atomic E-state index is 0.0851. The van der Waals surface area contributed by atoms with Gasteiger partial charge in [-0.25, -0.2) is 9.50 Å². The molecular formula is C15H11F3N4O. The Labute approximate surface area is 128 Å². The van der Waals surface area contributed by atoms with Crippen molar-refractivity contribution in [3.63, 3.8) is 0 Å². The summed E-state index contributed by atoms with van der Waals surface area (Å²) in [5.74, 6) is -0.129. The van der Waals surface area contributed by atoms with Crippen LogP contribution in [0.1, 0.15) is 21.7 Å². The van der Waals surface area contributed by atoms with Crippen LogP contribution in [0.2, 0.25) is 0 Å². The SMILES string of the molecule is Cc1nc2c(NC(=O)c3cccc(C(F)(F)F)c3)cccn2n1. The summed E-state index contributed by atoms with van der Waals surface area (Å²) in [6, 6.07) is 7.50. The van der Waals surface area contributed by atoms with Gasteiger partial charge in [0.05, 0.1) is 11.3 Å². The van der Waals surface area contributed by atoms with Crippen LogP contribution in [0, 0.1) is 6.92 Å². The molecule has 8 heteroatoms. The van der Waals surface area contributed by atoms with Crippen molar-refractivity contribution in [2.24, 2.45) is 0 Å². The number of nitrogens with zero attached hydrogens (tertiary/aromatic N) is 3. The summed E-state index contributed by atoms with van der Waals surface area (Å²) in [7, 11) is 0.